The highest BCUT2D eigenvalue weighted by Gasteiger charge is 2.48. The highest BCUT2D eigenvalue weighted by molar-refractivity contribution is 5.13. The fourth-order valence-electron chi connectivity index (χ4n) is 2.21. The first-order chi connectivity index (χ1) is 9.84. The van der Waals surface area contributed by atoms with Crippen molar-refractivity contribution in [2.75, 3.05) is 6.61 Å². The summed E-state index contributed by atoms with van der Waals surface area (Å²) < 4.78 is 44.4. The first kappa shape index (κ1) is 16.1. The van der Waals surface area contributed by atoms with Gasteiger partial charge in [0.2, 0.25) is 0 Å². The lowest BCUT2D eigenvalue weighted by molar-refractivity contribution is -0.193. The first-order valence-corrected chi connectivity index (χ1v) is 6.83. The summed E-state index contributed by atoms with van der Waals surface area (Å²) in [6, 6.07) is 9.16. The van der Waals surface area contributed by atoms with Crippen molar-refractivity contribution in [2.24, 2.45) is 0 Å². The molecule has 5 heteroatoms. The van der Waals surface area contributed by atoms with E-state index in [0.29, 0.717) is 6.08 Å². The van der Waals surface area contributed by atoms with Crippen molar-refractivity contribution in [1.82, 2.24) is 0 Å². The van der Waals surface area contributed by atoms with Crippen LogP contribution in [0.4, 0.5) is 8.78 Å². The second kappa shape index (κ2) is 6.22. The van der Waals surface area contributed by atoms with E-state index in [2.05, 4.69) is 6.58 Å². The molecule has 0 radical (unpaired) electrons. The molecule has 0 aliphatic carbocycles. The van der Waals surface area contributed by atoms with Gasteiger partial charge >= 0.3 is 0 Å². The molecule has 3 nitrogen and oxygen atoms in total. The van der Waals surface area contributed by atoms with Crippen molar-refractivity contribution in [1.29, 1.82) is 0 Å². The third-order valence-corrected chi connectivity index (χ3v) is 3.29. The third-order valence-electron chi connectivity index (χ3n) is 3.29. The summed E-state index contributed by atoms with van der Waals surface area (Å²) in [6.07, 6.45) is -1.68. The molecule has 1 aromatic rings. The molecule has 0 unspecified atom stereocenters. The predicted molar refractivity (Wildman–Crippen MR) is 75.1 cm³/mol. The summed E-state index contributed by atoms with van der Waals surface area (Å²) in [7, 11) is 0. The maximum atomic E-state index is 14.0. The number of halogens is 2. The van der Waals surface area contributed by atoms with Gasteiger partial charge in [-0.3, -0.25) is 0 Å². The lowest BCUT2D eigenvalue weighted by Gasteiger charge is -2.29. The van der Waals surface area contributed by atoms with Gasteiger partial charge < -0.3 is 14.2 Å². The molecule has 0 N–H and O–H groups in total. The quantitative estimate of drug-likeness (QED) is 0.752. The molecule has 2 rings (SSSR count). The van der Waals surface area contributed by atoms with Gasteiger partial charge in [-0.1, -0.05) is 36.9 Å². The van der Waals surface area contributed by atoms with Gasteiger partial charge in [-0.25, -0.2) is 0 Å². The summed E-state index contributed by atoms with van der Waals surface area (Å²) in [5.74, 6) is -4.07. The van der Waals surface area contributed by atoms with Crippen LogP contribution in [0.3, 0.4) is 0 Å². The molecular weight excluding hydrogens is 278 g/mol. The molecule has 1 aromatic carbocycles. The number of hydrogen-bond donors (Lipinski definition) is 0. The summed E-state index contributed by atoms with van der Waals surface area (Å²) >= 11 is 0. The van der Waals surface area contributed by atoms with E-state index in [4.69, 9.17) is 14.2 Å². The van der Waals surface area contributed by atoms with Crippen molar-refractivity contribution in [3.05, 3.63) is 48.6 Å². The Morgan fingerprint density at radius 2 is 2.10 bits per heavy atom. The van der Waals surface area contributed by atoms with Crippen LogP contribution < -0.4 is 0 Å². The predicted octanol–water partition coefficient (Wildman–Crippen LogP) is 3.54. The maximum absolute atomic E-state index is 14.0. The Morgan fingerprint density at radius 3 is 2.62 bits per heavy atom. The van der Waals surface area contributed by atoms with Crippen LogP contribution in [0.1, 0.15) is 19.4 Å². The summed E-state index contributed by atoms with van der Waals surface area (Å²) in [5.41, 5.74) is 0.820. The van der Waals surface area contributed by atoms with Crippen molar-refractivity contribution >= 4 is 0 Å². The number of alkyl halides is 2. The number of hydrogen-bond acceptors (Lipinski definition) is 3. The molecular formula is C16H20F2O3. The van der Waals surface area contributed by atoms with Crippen molar-refractivity contribution in [3.8, 4) is 0 Å². The van der Waals surface area contributed by atoms with Gasteiger partial charge in [0.1, 0.15) is 6.10 Å². The van der Waals surface area contributed by atoms with E-state index in [1.165, 1.54) is 0 Å². The Hall–Kier alpha value is -1.30. The average molecular weight is 298 g/mol. The molecule has 1 aliphatic heterocycles. The molecule has 116 valence electrons. The lowest BCUT2D eigenvalue weighted by atomic mass is 10.1. The van der Waals surface area contributed by atoms with E-state index >= 15 is 0 Å². The fraction of sp³-hybridized carbons (Fsp3) is 0.500. The van der Waals surface area contributed by atoms with Crippen LogP contribution in [0, 0.1) is 0 Å². The molecule has 0 saturated carbocycles. The summed E-state index contributed by atoms with van der Waals surface area (Å²) in [4.78, 5) is 0. The van der Waals surface area contributed by atoms with E-state index < -0.39 is 23.9 Å². The van der Waals surface area contributed by atoms with Crippen LogP contribution in [0.25, 0.3) is 0 Å². The van der Waals surface area contributed by atoms with Gasteiger partial charge in [-0.05, 0) is 25.5 Å². The molecule has 1 saturated heterocycles. The van der Waals surface area contributed by atoms with Gasteiger partial charge in [-0.2, -0.15) is 8.78 Å². The van der Waals surface area contributed by atoms with E-state index in [1.54, 1.807) is 13.8 Å². The Bertz CT molecular complexity index is 474. The van der Waals surface area contributed by atoms with E-state index in [1.807, 2.05) is 30.3 Å². The topological polar surface area (TPSA) is 27.7 Å². The molecule has 0 spiro atoms. The third kappa shape index (κ3) is 4.09. The molecule has 0 amide bonds. The van der Waals surface area contributed by atoms with E-state index in [0.717, 1.165) is 5.56 Å². The minimum atomic E-state index is -3.19. The van der Waals surface area contributed by atoms with E-state index in [-0.39, 0.29) is 13.2 Å². The highest BCUT2D eigenvalue weighted by atomic mass is 19.3. The van der Waals surface area contributed by atoms with Crippen LogP contribution in [0.5, 0.6) is 0 Å². The minimum absolute atomic E-state index is 0.0654. The van der Waals surface area contributed by atoms with Crippen LogP contribution in [-0.4, -0.2) is 30.5 Å². The molecule has 0 bridgehead atoms. The van der Waals surface area contributed by atoms with Gasteiger partial charge in [0.15, 0.2) is 11.9 Å². The van der Waals surface area contributed by atoms with Gasteiger partial charge in [0.25, 0.3) is 5.92 Å². The Kier molecular flexibility index (Phi) is 4.76. The first-order valence-electron chi connectivity index (χ1n) is 6.83. The van der Waals surface area contributed by atoms with Crippen molar-refractivity contribution in [2.45, 2.75) is 44.4 Å². The smallest absolute Gasteiger partial charge is 0.294 e. The standard InChI is InChI=1S/C16H20F2O3/c1-4-16(17,18)14(13-11-20-15(2,3)21-13)19-10-12-8-6-5-7-9-12/h4-9,13-14H,1,10-11H2,2-3H3/t13-,14+/m1/s1. The minimum Gasteiger partial charge on any atom is -0.364 e. The largest absolute Gasteiger partial charge is 0.364 e. The molecule has 0 aromatic heterocycles. The lowest BCUT2D eigenvalue weighted by Crippen LogP contribution is -2.45. The van der Waals surface area contributed by atoms with Crippen molar-refractivity contribution < 1.29 is 23.0 Å². The average Bonchev–Trinajstić information content (AvgIpc) is 2.80. The Labute approximate surface area is 123 Å². The van der Waals surface area contributed by atoms with Gasteiger partial charge in [0, 0.05) is 0 Å². The zero-order valence-corrected chi connectivity index (χ0v) is 12.2. The Balaban J connectivity index is 2.08. The Morgan fingerprint density at radius 1 is 1.43 bits per heavy atom. The normalized spacial score (nSPS) is 23.0. The van der Waals surface area contributed by atoms with E-state index in [9.17, 15) is 8.78 Å². The second-order valence-electron chi connectivity index (χ2n) is 5.46. The zero-order chi connectivity index (χ0) is 15.5. The van der Waals surface area contributed by atoms with Crippen LogP contribution in [0.2, 0.25) is 0 Å². The number of benzene rings is 1. The van der Waals surface area contributed by atoms with Crippen LogP contribution in [0.15, 0.2) is 43.0 Å². The van der Waals surface area contributed by atoms with Crippen LogP contribution in [-0.2, 0) is 20.8 Å². The molecule has 2 atom stereocenters. The van der Waals surface area contributed by atoms with Crippen molar-refractivity contribution in [3.63, 3.8) is 0 Å². The number of ether oxygens (including phenoxy) is 3. The molecule has 1 heterocycles. The summed E-state index contributed by atoms with van der Waals surface area (Å²) in [6.45, 7) is 6.71. The molecule has 21 heavy (non-hydrogen) atoms. The fourth-order valence-corrected chi connectivity index (χ4v) is 2.21. The molecule has 1 aliphatic rings. The van der Waals surface area contributed by atoms with Gasteiger partial charge in [0.05, 0.1) is 13.2 Å². The second-order valence-corrected chi connectivity index (χ2v) is 5.46. The zero-order valence-electron chi connectivity index (χ0n) is 12.2. The van der Waals surface area contributed by atoms with Gasteiger partial charge in [-0.15, -0.1) is 0 Å². The summed E-state index contributed by atoms with van der Waals surface area (Å²) in [5, 5.41) is 0. The maximum Gasteiger partial charge on any atom is 0.294 e. The highest BCUT2D eigenvalue weighted by Crippen LogP contribution is 2.33. The van der Waals surface area contributed by atoms with Crippen LogP contribution >= 0.6 is 0 Å². The monoisotopic (exact) mass is 298 g/mol. The number of rotatable bonds is 6. The molecule has 1 fully saturated rings. The SMILES string of the molecule is C=CC(F)(F)[C@@H](OCc1ccccc1)[C@H]1COC(C)(C)O1.